The highest BCUT2D eigenvalue weighted by Crippen LogP contribution is 2.13. The lowest BCUT2D eigenvalue weighted by molar-refractivity contribution is 0.0500. The fourth-order valence-electron chi connectivity index (χ4n) is 3.39. The van der Waals surface area contributed by atoms with E-state index in [0.717, 1.165) is 38.9 Å². The third-order valence-electron chi connectivity index (χ3n) is 5.32. The standard InChI is InChI=1S/C24H31N3O3/c1-2-3-19-30-23(28)21-9-11-22(12-10-21)25-24(29)27-17-15-26(16-18-27)14-13-20-7-5-4-6-8-20/h4-12H,2-3,13-19H2,1H3,(H,25,29). The SMILES string of the molecule is CCCCOC(=O)c1ccc(NC(=O)N2CCN(CCc3ccccc3)CC2)cc1. The number of ether oxygens (including phenoxy) is 1. The Morgan fingerprint density at radius 3 is 2.33 bits per heavy atom. The molecule has 0 bridgehead atoms. The first-order chi connectivity index (χ1) is 14.7. The molecule has 1 saturated heterocycles. The number of nitrogens with zero attached hydrogens (tertiary/aromatic N) is 2. The van der Waals surface area contributed by atoms with E-state index in [-0.39, 0.29) is 12.0 Å². The zero-order valence-corrected chi connectivity index (χ0v) is 17.7. The van der Waals surface area contributed by atoms with Gasteiger partial charge in [0.15, 0.2) is 0 Å². The third-order valence-corrected chi connectivity index (χ3v) is 5.32. The van der Waals surface area contributed by atoms with Gasteiger partial charge in [0.05, 0.1) is 12.2 Å². The molecule has 6 nitrogen and oxygen atoms in total. The summed E-state index contributed by atoms with van der Waals surface area (Å²) in [5.74, 6) is -0.326. The predicted molar refractivity (Wildman–Crippen MR) is 119 cm³/mol. The molecule has 1 N–H and O–H groups in total. The van der Waals surface area contributed by atoms with Crippen LogP contribution in [0.4, 0.5) is 10.5 Å². The smallest absolute Gasteiger partial charge is 0.338 e. The van der Waals surface area contributed by atoms with Crippen molar-refractivity contribution < 1.29 is 14.3 Å². The Hall–Kier alpha value is -2.86. The van der Waals surface area contributed by atoms with E-state index in [1.165, 1.54) is 5.56 Å². The molecule has 6 heteroatoms. The zero-order valence-electron chi connectivity index (χ0n) is 17.7. The Morgan fingerprint density at radius 2 is 1.67 bits per heavy atom. The number of urea groups is 1. The molecule has 1 aliphatic rings. The predicted octanol–water partition coefficient (Wildman–Crippen LogP) is 4.04. The van der Waals surface area contributed by atoms with E-state index in [1.807, 2.05) is 11.0 Å². The molecular weight excluding hydrogens is 378 g/mol. The maximum absolute atomic E-state index is 12.6. The summed E-state index contributed by atoms with van der Waals surface area (Å²) in [4.78, 5) is 28.7. The van der Waals surface area contributed by atoms with Gasteiger partial charge in [-0.15, -0.1) is 0 Å². The number of nitrogens with one attached hydrogen (secondary N) is 1. The van der Waals surface area contributed by atoms with E-state index in [0.29, 0.717) is 30.9 Å². The van der Waals surface area contributed by atoms with Gasteiger partial charge in [0.2, 0.25) is 0 Å². The lowest BCUT2D eigenvalue weighted by Gasteiger charge is -2.34. The Labute approximate surface area is 178 Å². The fourth-order valence-corrected chi connectivity index (χ4v) is 3.39. The zero-order chi connectivity index (χ0) is 21.2. The van der Waals surface area contributed by atoms with Crippen LogP contribution >= 0.6 is 0 Å². The van der Waals surface area contributed by atoms with Gasteiger partial charge < -0.3 is 15.0 Å². The Morgan fingerprint density at radius 1 is 0.967 bits per heavy atom. The van der Waals surface area contributed by atoms with Crippen LogP contribution in [0.2, 0.25) is 0 Å². The van der Waals surface area contributed by atoms with Crippen LogP contribution in [0.5, 0.6) is 0 Å². The van der Waals surface area contributed by atoms with Gasteiger partial charge in [-0.25, -0.2) is 9.59 Å². The Bertz CT molecular complexity index is 800. The average molecular weight is 410 g/mol. The van der Waals surface area contributed by atoms with E-state index in [9.17, 15) is 9.59 Å². The van der Waals surface area contributed by atoms with E-state index in [1.54, 1.807) is 24.3 Å². The van der Waals surface area contributed by atoms with E-state index < -0.39 is 0 Å². The number of hydrogen-bond acceptors (Lipinski definition) is 4. The first-order valence-corrected chi connectivity index (χ1v) is 10.7. The first kappa shape index (κ1) is 21.8. The quantitative estimate of drug-likeness (QED) is 0.528. The van der Waals surface area contributed by atoms with Crippen molar-refractivity contribution in [3.8, 4) is 0 Å². The largest absolute Gasteiger partial charge is 0.462 e. The normalized spacial score (nSPS) is 14.4. The molecule has 0 atom stereocenters. The minimum atomic E-state index is -0.326. The number of esters is 1. The van der Waals surface area contributed by atoms with E-state index >= 15 is 0 Å². The molecule has 0 saturated carbocycles. The summed E-state index contributed by atoms with van der Waals surface area (Å²) in [5.41, 5.74) is 2.52. The molecule has 1 fully saturated rings. The topological polar surface area (TPSA) is 61.9 Å². The van der Waals surface area contributed by atoms with Crippen molar-refractivity contribution >= 4 is 17.7 Å². The van der Waals surface area contributed by atoms with Crippen LogP contribution in [0, 0.1) is 0 Å². The van der Waals surface area contributed by atoms with Gasteiger partial charge in [-0.2, -0.15) is 0 Å². The van der Waals surface area contributed by atoms with Gasteiger partial charge in [0.25, 0.3) is 0 Å². The summed E-state index contributed by atoms with van der Waals surface area (Å²) in [6, 6.07) is 17.2. The molecule has 0 unspecified atom stereocenters. The molecule has 1 heterocycles. The van der Waals surface area contributed by atoms with Crippen LogP contribution in [-0.2, 0) is 11.2 Å². The number of rotatable bonds is 8. The van der Waals surface area contributed by atoms with Crippen LogP contribution in [0.1, 0.15) is 35.7 Å². The lowest BCUT2D eigenvalue weighted by atomic mass is 10.1. The Balaban J connectivity index is 1.40. The number of hydrogen-bond donors (Lipinski definition) is 1. The summed E-state index contributed by atoms with van der Waals surface area (Å²) >= 11 is 0. The van der Waals surface area contributed by atoms with Crippen molar-refractivity contribution in [1.29, 1.82) is 0 Å². The molecule has 2 aromatic carbocycles. The van der Waals surface area contributed by atoms with Crippen molar-refractivity contribution in [3.05, 3.63) is 65.7 Å². The average Bonchev–Trinajstić information content (AvgIpc) is 2.79. The summed E-state index contributed by atoms with van der Waals surface area (Å²) in [6.07, 6.45) is 2.87. The molecule has 1 aliphatic heterocycles. The first-order valence-electron chi connectivity index (χ1n) is 10.7. The van der Waals surface area contributed by atoms with Crippen LogP contribution in [0.15, 0.2) is 54.6 Å². The molecule has 0 aliphatic carbocycles. The van der Waals surface area contributed by atoms with E-state index in [4.69, 9.17) is 4.74 Å². The molecule has 0 radical (unpaired) electrons. The number of unbranched alkanes of at least 4 members (excludes halogenated alkanes) is 1. The van der Waals surface area contributed by atoms with Gasteiger partial charge in [-0.05, 0) is 42.7 Å². The van der Waals surface area contributed by atoms with Gasteiger partial charge in [-0.1, -0.05) is 43.7 Å². The molecule has 0 aromatic heterocycles. The highest BCUT2D eigenvalue weighted by atomic mass is 16.5. The maximum Gasteiger partial charge on any atom is 0.338 e. The van der Waals surface area contributed by atoms with E-state index in [2.05, 4.69) is 41.4 Å². The summed E-state index contributed by atoms with van der Waals surface area (Å²) < 4.78 is 5.20. The minimum Gasteiger partial charge on any atom is -0.462 e. The van der Waals surface area contributed by atoms with Crippen molar-refractivity contribution in [2.45, 2.75) is 26.2 Å². The van der Waals surface area contributed by atoms with Crippen LogP contribution in [0.25, 0.3) is 0 Å². The number of piperazine rings is 1. The second-order valence-corrected chi connectivity index (χ2v) is 7.56. The molecule has 3 rings (SSSR count). The maximum atomic E-state index is 12.6. The number of carbonyl (C=O) groups is 2. The van der Waals surface area contributed by atoms with Gasteiger partial charge in [0, 0.05) is 38.4 Å². The van der Waals surface area contributed by atoms with Gasteiger partial charge in [-0.3, -0.25) is 4.90 Å². The van der Waals surface area contributed by atoms with Gasteiger partial charge >= 0.3 is 12.0 Å². The van der Waals surface area contributed by atoms with Crippen molar-refractivity contribution in [2.75, 3.05) is 44.6 Å². The number of carbonyl (C=O) groups excluding carboxylic acids is 2. The van der Waals surface area contributed by atoms with Crippen molar-refractivity contribution in [3.63, 3.8) is 0 Å². The molecular formula is C24H31N3O3. The van der Waals surface area contributed by atoms with Crippen LogP contribution in [0.3, 0.4) is 0 Å². The van der Waals surface area contributed by atoms with Crippen molar-refractivity contribution in [2.24, 2.45) is 0 Å². The number of anilines is 1. The molecule has 160 valence electrons. The Kier molecular flexibility index (Phi) is 8.27. The minimum absolute atomic E-state index is 0.101. The summed E-state index contributed by atoms with van der Waals surface area (Å²) in [7, 11) is 0. The van der Waals surface area contributed by atoms with Crippen LogP contribution < -0.4 is 5.32 Å². The molecule has 2 amide bonds. The summed E-state index contributed by atoms with van der Waals surface area (Å²) in [5, 5.41) is 2.92. The molecule has 2 aromatic rings. The third kappa shape index (κ3) is 6.59. The van der Waals surface area contributed by atoms with Crippen LogP contribution in [-0.4, -0.2) is 61.1 Å². The highest BCUT2D eigenvalue weighted by molar-refractivity contribution is 5.92. The second kappa shape index (κ2) is 11.4. The molecule has 30 heavy (non-hydrogen) atoms. The number of amides is 2. The van der Waals surface area contributed by atoms with Crippen molar-refractivity contribution in [1.82, 2.24) is 9.80 Å². The summed E-state index contributed by atoms with van der Waals surface area (Å²) in [6.45, 7) is 6.67. The fraction of sp³-hybridized carbons (Fsp3) is 0.417. The second-order valence-electron chi connectivity index (χ2n) is 7.56. The van der Waals surface area contributed by atoms with Gasteiger partial charge in [0.1, 0.15) is 0 Å². The highest BCUT2D eigenvalue weighted by Gasteiger charge is 2.21. The monoisotopic (exact) mass is 409 g/mol. The number of benzene rings is 2. The molecule has 0 spiro atoms. The lowest BCUT2D eigenvalue weighted by Crippen LogP contribution is -2.50.